The van der Waals surface area contributed by atoms with Gasteiger partial charge in [-0.1, -0.05) is 54.1 Å². The first kappa shape index (κ1) is 20.4. The second kappa shape index (κ2) is 8.66. The molecule has 138 valence electrons. The zero-order valence-electron chi connectivity index (χ0n) is 15.1. The van der Waals surface area contributed by atoms with Crippen molar-refractivity contribution in [2.45, 2.75) is 33.3 Å². The Hall–Kier alpha value is -1.90. The Morgan fingerprint density at radius 1 is 1.08 bits per heavy atom. The number of rotatable bonds is 7. The molecule has 1 unspecified atom stereocenters. The summed E-state index contributed by atoms with van der Waals surface area (Å²) < 4.78 is 18.9. The van der Waals surface area contributed by atoms with E-state index in [4.69, 9.17) is 16.3 Å². The van der Waals surface area contributed by atoms with Crippen LogP contribution in [0.15, 0.2) is 48.5 Å². The maximum atomic E-state index is 13.8. The Balaban J connectivity index is 2.43. The standard InChI is InChI=1S/C20H22ClO4P/c1-14(2)25-18(22)12-13-26(24,16-9-5-4-6-10-16)20(23)19-15(3)8-7-11-17(19)21/h4-11,14H,12-13H2,1-3H3. The fourth-order valence-electron chi connectivity index (χ4n) is 2.67. The molecule has 0 spiro atoms. The summed E-state index contributed by atoms with van der Waals surface area (Å²) in [6, 6.07) is 13.6. The molecule has 4 nitrogen and oxygen atoms in total. The summed E-state index contributed by atoms with van der Waals surface area (Å²) in [6.07, 6.45) is -0.453. The quantitative estimate of drug-likeness (QED) is 0.500. The molecule has 0 aromatic heterocycles. The van der Waals surface area contributed by atoms with Crippen molar-refractivity contribution in [3.8, 4) is 0 Å². The second-order valence-electron chi connectivity index (χ2n) is 6.32. The van der Waals surface area contributed by atoms with Crippen LogP contribution in [0.3, 0.4) is 0 Å². The SMILES string of the molecule is Cc1cccc(Cl)c1C(=O)P(=O)(CCC(=O)OC(C)C)c1ccccc1. The minimum Gasteiger partial charge on any atom is -0.463 e. The van der Waals surface area contributed by atoms with E-state index in [0.29, 0.717) is 10.9 Å². The highest BCUT2D eigenvalue weighted by Crippen LogP contribution is 2.50. The van der Waals surface area contributed by atoms with Gasteiger partial charge in [0.05, 0.1) is 17.5 Å². The molecular formula is C20H22ClO4P. The van der Waals surface area contributed by atoms with Crippen molar-refractivity contribution >= 4 is 35.5 Å². The summed E-state index contributed by atoms with van der Waals surface area (Å²) in [4.78, 5) is 25.2. The van der Waals surface area contributed by atoms with Crippen molar-refractivity contribution in [2.75, 3.05) is 6.16 Å². The average molecular weight is 393 g/mol. The first-order valence-electron chi connectivity index (χ1n) is 8.40. The lowest BCUT2D eigenvalue weighted by atomic mass is 10.1. The highest BCUT2D eigenvalue weighted by Gasteiger charge is 2.36. The van der Waals surface area contributed by atoms with Gasteiger partial charge in [-0.3, -0.25) is 9.59 Å². The van der Waals surface area contributed by atoms with Crippen molar-refractivity contribution in [3.05, 3.63) is 64.7 Å². The molecule has 0 saturated carbocycles. The average Bonchev–Trinajstić information content (AvgIpc) is 2.59. The topological polar surface area (TPSA) is 60.4 Å². The van der Waals surface area contributed by atoms with Gasteiger partial charge in [-0.15, -0.1) is 0 Å². The molecule has 0 aliphatic heterocycles. The van der Waals surface area contributed by atoms with Crippen molar-refractivity contribution in [2.24, 2.45) is 0 Å². The molecule has 0 fully saturated rings. The van der Waals surface area contributed by atoms with Crippen LogP contribution < -0.4 is 5.30 Å². The Bertz CT molecular complexity index is 826. The van der Waals surface area contributed by atoms with E-state index in [2.05, 4.69) is 0 Å². The first-order chi connectivity index (χ1) is 12.3. The Kier molecular flexibility index (Phi) is 6.80. The van der Waals surface area contributed by atoms with Gasteiger partial charge in [0.1, 0.15) is 0 Å². The predicted octanol–water partition coefficient (Wildman–Crippen LogP) is 4.82. The van der Waals surface area contributed by atoms with Crippen LogP contribution in [0.5, 0.6) is 0 Å². The van der Waals surface area contributed by atoms with Crippen molar-refractivity contribution in [3.63, 3.8) is 0 Å². The van der Waals surface area contributed by atoms with Gasteiger partial charge in [0.15, 0.2) is 7.14 Å². The zero-order chi connectivity index (χ0) is 19.3. The van der Waals surface area contributed by atoms with Crippen LogP contribution in [0.4, 0.5) is 0 Å². The molecule has 0 N–H and O–H groups in total. The van der Waals surface area contributed by atoms with E-state index in [9.17, 15) is 14.2 Å². The molecule has 0 radical (unpaired) electrons. The number of benzene rings is 2. The number of carbonyl (C=O) groups is 2. The number of halogens is 1. The minimum absolute atomic E-state index is 0.0912. The van der Waals surface area contributed by atoms with E-state index in [0.717, 1.165) is 0 Å². The molecule has 6 heteroatoms. The third-order valence-electron chi connectivity index (χ3n) is 3.94. The zero-order valence-corrected chi connectivity index (χ0v) is 16.7. The van der Waals surface area contributed by atoms with Crippen LogP contribution >= 0.6 is 18.7 Å². The van der Waals surface area contributed by atoms with Crippen LogP contribution in [-0.4, -0.2) is 23.8 Å². The first-order valence-corrected chi connectivity index (χ1v) is 10.7. The summed E-state index contributed by atoms with van der Waals surface area (Å²) in [5.74, 6) is -0.472. The molecule has 2 rings (SSSR count). The van der Waals surface area contributed by atoms with Gasteiger partial charge >= 0.3 is 5.97 Å². The molecule has 2 aromatic rings. The Morgan fingerprint density at radius 3 is 2.31 bits per heavy atom. The molecule has 26 heavy (non-hydrogen) atoms. The molecule has 0 bridgehead atoms. The van der Waals surface area contributed by atoms with E-state index in [1.165, 1.54) is 0 Å². The Labute approximate surface area is 158 Å². The van der Waals surface area contributed by atoms with E-state index in [-0.39, 0.29) is 29.3 Å². The van der Waals surface area contributed by atoms with Crippen LogP contribution in [0.2, 0.25) is 5.02 Å². The smallest absolute Gasteiger partial charge is 0.306 e. The number of aryl methyl sites for hydroxylation is 1. The van der Waals surface area contributed by atoms with Gasteiger partial charge in [-0.2, -0.15) is 0 Å². The van der Waals surface area contributed by atoms with Gasteiger partial charge in [0, 0.05) is 17.0 Å². The Morgan fingerprint density at radius 2 is 1.73 bits per heavy atom. The largest absolute Gasteiger partial charge is 0.463 e. The van der Waals surface area contributed by atoms with Crippen LogP contribution in [0.1, 0.15) is 36.2 Å². The molecule has 0 aliphatic carbocycles. The van der Waals surface area contributed by atoms with Crippen molar-refractivity contribution in [1.29, 1.82) is 0 Å². The molecule has 0 amide bonds. The maximum absolute atomic E-state index is 13.8. The lowest BCUT2D eigenvalue weighted by Gasteiger charge is -2.19. The number of carbonyl (C=O) groups excluding carboxylic acids is 2. The third kappa shape index (κ3) is 4.63. The number of ether oxygens (including phenoxy) is 1. The molecule has 0 saturated heterocycles. The van der Waals surface area contributed by atoms with Crippen LogP contribution in [0.25, 0.3) is 0 Å². The highest BCUT2D eigenvalue weighted by molar-refractivity contribution is 7.87. The van der Waals surface area contributed by atoms with Gasteiger partial charge in [-0.25, -0.2) is 0 Å². The second-order valence-corrected chi connectivity index (χ2v) is 9.58. The monoisotopic (exact) mass is 392 g/mol. The lowest BCUT2D eigenvalue weighted by Crippen LogP contribution is -2.20. The van der Waals surface area contributed by atoms with Gasteiger partial charge in [-0.05, 0) is 32.4 Å². The lowest BCUT2D eigenvalue weighted by molar-refractivity contribution is -0.146. The highest BCUT2D eigenvalue weighted by atomic mass is 35.5. The van der Waals surface area contributed by atoms with Gasteiger partial charge in [0.2, 0.25) is 5.52 Å². The van der Waals surface area contributed by atoms with Crippen molar-refractivity contribution < 1.29 is 18.9 Å². The minimum atomic E-state index is -3.56. The summed E-state index contributed by atoms with van der Waals surface area (Å²) in [5, 5.41) is 0.678. The summed E-state index contributed by atoms with van der Waals surface area (Å²) >= 11 is 6.22. The van der Waals surface area contributed by atoms with Crippen molar-refractivity contribution in [1.82, 2.24) is 0 Å². The normalized spacial score (nSPS) is 13.3. The third-order valence-corrected chi connectivity index (χ3v) is 7.12. The predicted molar refractivity (Wildman–Crippen MR) is 105 cm³/mol. The van der Waals surface area contributed by atoms with E-state index in [1.54, 1.807) is 69.3 Å². The number of hydrogen-bond donors (Lipinski definition) is 0. The fourth-order valence-corrected chi connectivity index (χ4v) is 5.55. The van der Waals surface area contributed by atoms with Crippen LogP contribution in [-0.2, 0) is 14.1 Å². The summed E-state index contributed by atoms with van der Waals surface area (Å²) in [5.41, 5.74) is 0.381. The summed E-state index contributed by atoms with van der Waals surface area (Å²) in [6.45, 7) is 5.24. The molecule has 0 heterocycles. The van der Waals surface area contributed by atoms with E-state index in [1.807, 2.05) is 0 Å². The fraction of sp³-hybridized carbons (Fsp3) is 0.300. The summed E-state index contributed by atoms with van der Waals surface area (Å²) in [7, 11) is -3.56. The molecular weight excluding hydrogens is 371 g/mol. The molecule has 1 atom stereocenters. The van der Waals surface area contributed by atoms with E-state index >= 15 is 0 Å². The number of hydrogen-bond acceptors (Lipinski definition) is 4. The maximum Gasteiger partial charge on any atom is 0.306 e. The van der Waals surface area contributed by atoms with Crippen LogP contribution in [0, 0.1) is 6.92 Å². The van der Waals surface area contributed by atoms with E-state index < -0.39 is 18.6 Å². The molecule has 0 aliphatic rings. The van der Waals surface area contributed by atoms with Gasteiger partial charge < -0.3 is 9.30 Å². The number of esters is 1. The molecule has 2 aromatic carbocycles. The van der Waals surface area contributed by atoms with Gasteiger partial charge in [0.25, 0.3) is 0 Å².